The summed E-state index contributed by atoms with van der Waals surface area (Å²) < 4.78 is 0. The summed E-state index contributed by atoms with van der Waals surface area (Å²) in [5, 5.41) is 5.84. The number of rotatable bonds is 16. The molecule has 0 radical (unpaired) electrons. The smallest absolute Gasteiger partial charge is 1.00 e. The van der Waals surface area contributed by atoms with Crippen molar-refractivity contribution in [1.82, 2.24) is 0 Å². The Labute approximate surface area is 463 Å². The first-order valence-electron chi connectivity index (χ1n) is 24.4. The summed E-state index contributed by atoms with van der Waals surface area (Å²) in [6.07, 6.45) is 9.95. The third-order valence-electron chi connectivity index (χ3n) is 13.8. The van der Waals surface area contributed by atoms with E-state index in [9.17, 15) is 0 Å². The molecule has 0 saturated heterocycles. The van der Waals surface area contributed by atoms with Gasteiger partial charge < -0.3 is 37.2 Å². The van der Waals surface area contributed by atoms with Crippen molar-refractivity contribution in [3.8, 4) is 0 Å². The minimum Gasteiger partial charge on any atom is -1.00 e. The number of hydrogen-bond acceptors (Lipinski definition) is 0. The molecule has 0 aromatic heterocycles. The van der Waals surface area contributed by atoms with E-state index in [2.05, 4.69) is 257 Å². The van der Waals surface area contributed by atoms with E-state index in [1.165, 1.54) is 98.7 Å². The normalized spacial score (nSPS) is 11.9. The maximum absolute atomic E-state index is 3.94. The Morgan fingerprint density at radius 2 is 0.514 bits per heavy atom. The molecule has 10 rings (SSSR count). The minimum absolute atomic E-state index is 0. The molecule has 0 fully saturated rings. The minimum atomic E-state index is -3.23. The van der Waals surface area contributed by atoms with Crippen molar-refractivity contribution < 1.29 is 58.9 Å². The van der Waals surface area contributed by atoms with Gasteiger partial charge in [0.1, 0.15) is 0 Å². The standard InChI is InChI=1S/C67H59Si.3ClH.Ti/c1-50-33-34-51(2)67(50)68(64-44-58(35-52-21-9-3-10-22-52)41-59(45-64)36-53-23-11-4-12-24-53,65-46-60(37-54-25-13-5-14-26-54)42-61(47-65)38-55-27-15-6-16-28-55)66-48-62(39-56-29-17-7-18-30-56)43-63(49-66)40-57-31-19-8-20-32-57;;;;/h3-32,41-49H,33,35-40H2,1-2H3;3*1H;/q-1;;;;+4/p-3. The van der Waals surface area contributed by atoms with Crippen LogP contribution < -0.4 is 52.8 Å². The summed E-state index contributed by atoms with van der Waals surface area (Å²) in [6, 6.07) is 89.6. The van der Waals surface area contributed by atoms with Gasteiger partial charge in [-0.1, -0.05) is 266 Å². The van der Waals surface area contributed by atoms with Crippen LogP contribution in [0, 0.1) is 6.08 Å². The average Bonchev–Trinajstić information content (AvgIpc) is 3.70. The molecule has 0 spiro atoms. The second-order valence-corrected chi connectivity index (χ2v) is 22.7. The van der Waals surface area contributed by atoms with Gasteiger partial charge >= 0.3 is 21.7 Å². The Kier molecular flexibility index (Phi) is 20.3. The van der Waals surface area contributed by atoms with Gasteiger partial charge in [0.15, 0.2) is 0 Å². The van der Waals surface area contributed by atoms with Crippen LogP contribution in [0.4, 0.5) is 0 Å². The van der Waals surface area contributed by atoms with E-state index in [1.807, 2.05) is 0 Å². The molecule has 0 nitrogen and oxygen atoms in total. The monoisotopic (exact) mass is 1040 g/mol. The Balaban J connectivity index is 0.00000212. The molecule has 0 bridgehead atoms. The fourth-order valence-electron chi connectivity index (χ4n) is 10.8. The Morgan fingerprint density at radius 3 is 0.694 bits per heavy atom. The molecule has 5 heteroatoms. The van der Waals surface area contributed by atoms with Gasteiger partial charge in [0.05, 0.1) is 8.07 Å². The summed E-state index contributed by atoms with van der Waals surface area (Å²) in [5.74, 6) is 0. The van der Waals surface area contributed by atoms with E-state index in [4.69, 9.17) is 0 Å². The molecule has 0 unspecified atom stereocenters. The van der Waals surface area contributed by atoms with E-state index in [0.717, 1.165) is 44.9 Å². The van der Waals surface area contributed by atoms with Crippen LogP contribution >= 0.6 is 0 Å². The van der Waals surface area contributed by atoms with Crippen molar-refractivity contribution in [2.45, 2.75) is 58.8 Å². The van der Waals surface area contributed by atoms with Gasteiger partial charge in [-0.3, -0.25) is 6.08 Å². The van der Waals surface area contributed by atoms with Crippen LogP contribution in [-0.2, 0) is 60.2 Å². The zero-order valence-electron chi connectivity index (χ0n) is 41.1. The molecule has 72 heavy (non-hydrogen) atoms. The van der Waals surface area contributed by atoms with Gasteiger partial charge in [0.25, 0.3) is 0 Å². The maximum Gasteiger partial charge on any atom is 4.00 e. The zero-order chi connectivity index (χ0) is 46.1. The van der Waals surface area contributed by atoms with Crippen LogP contribution in [0.5, 0.6) is 0 Å². The number of hydrogen-bond donors (Lipinski definition) is 0. The molecule has 0 saturated carbocycles. The van der Waals surface area contributed by atoms with Crippen molar-refractivity contribution in [2.75, 3.05) is 0 Å². The predicted octanol–water partition coefficient (Wildman–Crippen LogP) is 4.72. The van der Waals surface area contributed by atoms with Crippen LogP contribution in [0.2, 0.25) is 0 Å². The van der Waals surface area contributed by atoms with E-state index in [1.54, 1.807) is 0 Å². The summed E-state index contributed by atoms with van der Waals surface area (Å²) in [7, 11) is -3.23. The molecule has 1 aliphatic carbocycles. The Morgan fingerprint density at radius 1 is 0.306 bits per heavy atom. The first-order chi connectivity index (χ1) is 33.4. The number of allylic oxidation sites excluding steroid dienone is 4. The van der Waals surface area contributed by atoms with Crippen molar-refractivity contribution in [2.24, 2.45) is 0 Å². The Hall–Kier alpha value is -5.74. The fraction of sp³-hybridized carbons (Fsp3) is 0.134. The van der Waals surface area contributed by atoms with Gasteiger partial charge in [-0.2, -0.15) is 10.8 Å². The third-order valence-corrected chi connectivity index (χ3v) is 18.8. The topological polar surface area (TPSA) is 0 Å². The number of benzene rings is 9. The summed E-state index contributed by atoms with van der Waals surface area (Å²) in [6.45, 7) is 4.75. The summed E-state index contributed by atoms with van der Waals surface area (Å²) in [5.41, 5.74) is 18.8. The van der Waals surface area contributed by atoms with E-state index < -0.39 is 8.07 Å². The molecule has 0 N–H and O–H groups in total. The van der Waals surface area contributed by atoms with Gasteiger partial charge in [0, 0.05) is 0 Å². The van der Waals surface area contributed by atoms with Gasteiger partial charge in [-0.15, -0.1) is 6.42 Å². The van der Waals surface area contributed by atoms with Crippen molar-refractivity contribution in [3.05, 3.63) is 326 Å². The molecule has 9 aromatic rings. The van der Waals surface area contributed by atoms with E-state index in [0.29, 0.717) is 0 Å². The van der Waals surface area contributed by atoms with Gasteiger partial charge in [-0.05, 0) is 105 Å². The summed E-state index contributed by atoms with van der Waals surface area (Å²) in [4.78, 5) is 0. The third kappa shape index (κ3) is 13.3. The second-order valence-electron chi connectivity index (χ2n) is 19.0. The second kappa shape index (κ2) is 26.3. The quantitative estimate of drug-likeness (QED) is 0.0748. The molecule has 0 amide bonds. The van der Waals surface area contributed by atoms with Crippen LogP contribution in [0.15, 0.2) is 253 Å². The maximum atomic E-state index is 3.94. The van der Waals surface area contributed by atoms with Gasteiger partial charge in [0.2, 0.25) is 0 Å². The van der Waals surface area contributed by atoms with Crippen molar-refractivity contribution >= 4 is 23.6 Å². The zero-order valence-corrected chi connectivity index (χ0v) is 45.9. The van der Waals surface area contributed by atoms with E-state index in [-0.39, 0.29) is 58.9 Å². The fourth-order valence-corrected chi connectivity index (χ4v) is 16.5. The average molecular weight is 1050 g/mol. The Bertz CT molecular complexity index is 2700. The predicted molar refractivity (Wildman–Crippen MR) is 289 cm³/mol. The summed E-state index contributed by atoms with van der Waals surface area (Å²) >= 11 is 0. The molecule has 9 aromatic carbocycles. The largest absolute Gasteiger partial charge is 4.00 e. The van der Waals surface area contributed by atoms with E-state index >= 15 is 0 Å². The molecule has 0 heterocycles. The van der Waals surface area contributed by atoms with Crippen LogP contribution in [0.1, 0.15) is 87.0 Å². The molecule has 356 valence electrons. The number of halogens is 3. The van der Waals surface area contributed by atoms with Crippen LogP contribution in [0.25, 0.3) is 0 Å². The molecular formula is C67H59Cl3SiTi. The molecule has 1 aliphatic rings. The first kappa shape index (κ1) is 55.6. The van der Waals surface area contributed by atoms with Crippen molar-refractivity contribution in [3.63, 3.8) is 0 Å². The van der Waals surface area contributed by atoms with Crippen LogP contribution in [-0.4, -0.2) is 8.07 Å². The first-order valence-corrected chi connectivity index (χ1v) is 26.4. The van der Waals surface area contributed by atoms with Crippen molar-refractivity contribution in [1.29, 1.82) is 0 Å². The molecule has 0 aliphatic heterocycles. The van der Waals surface area contributed by atoms with Gasteiger partial charge in [-0.25, -0.2) is 5.57 Å². The van der Waals surface area contributed by atoms with Crippen LogP contribution in [0.3, 0.4) is 0 Å². The molecule has 0 atom stereocenters. The SMILES string of the molecule is CC1=[C-]CC(C)=C1[Si](c1cc(Cc2ccccc2)cc(Cc2ccccc2)c1)(c1cc(Cc2ccccc2)cc(Cc2ccccc2)c1)c1cc(Cc2ccccc2)cc(Cc2ccccc2)c1.[Cl-].[Cl-].[Cl-].[Ti+4]. The molecular weight excluding hydrogens is 987 g/mol.